The van der Waals surface area contributed by atoms with Gasteiger partial charge in [-0.1, -0.05) is 11.6 Å². The van der Waals surface area contributed by atoms with Crippen molar-refractivity contribution in [2.75, 3.05) is 11.1 Å². The van der Waals surface area contributed by atoms with E-state index in [0.29, 0.717) is 15.2 Å². The van der Waals surface area contributed by atoms with Gasteiger partial charge in [0.1, 0.15) is 11.6 Å². The summed E-state index contributed by atoms with van der Waals surface area (Å²) in [5.74, 6) is -1.65. The van der Waals surface area contributed by atoms with E-state index in [0.717, 1.165) is 0 Å². The molecule has 0 amide bonds. The Hall–Kier alpha value is -1.54. The van der Waals surface area contributed by atoms with Gasteiger partial charge in [0.2, 0.25) is 5.82 Å². The van der Waals surface area contributed by atoms with Crippen molar-refractivity contribution in [1.29, 1.82) is 0 Å². The highest BCUT2D eigenvalue weighted by Crippen LogP contribution is 2.30. The fourth-order valence-corrected chi connectivity index (χ4v) is 1.81. The van der Waals surface area contributed by atoms with Crippen molar-refractivity contribution in [3.8, 4) is 0 Å². The molecule has 0 spiro atoms. The number of aromatic nitrogens is 2. The van der Waals surface area contributed by atoms with Crippen LogP contribution in [-0.4, -0.2) is 9.97 Å². The summed E-state index contributed by atoms with van der Waals surface area (Å²) < 4.78 is 38.4. The number of nitrogens with zero attached hydrogens (tertiary/aromatic N) is 2. The average Bonchev–Trinajstić information content (AvgIpc) is 2.32. The summed E-state index contributed by atoms with van der Waals surface area (Å²) >= 11 is 9.10. The molecule has 4 nitrogen and oxygen atoms in total. The van der Waals surface area contributed by atoms with Gasteiger partial charge < -0.3 is 11.1 Å². The van der Waals surface area contributed by atoms with Crippen LogP contribution in [0.1, 0.15) is 5.82 Å². The molecule has 0 aliphatic carbocycles. The average molecular weight is 368 g/mol. The predicted octanol–water partition coefficient (Wildman–Crippen LogP) is 4.24. The SMILES string of the molecule is Nc1cc(Nc2ccc(Br)c(Cl)c2)nc(C(F)(F)F)n1. The number of benzene rings is 1. The lowest BCUT2D eigenvalue weighted by atomic mass is 10.3. The molecule has 1 aromatic heterocycles. The smallest absolute Gasteiger partial charge is 0.384 e. The summed E-state index contributed by atoms with van der Waals surface area (Å²) in [4.78, 5) is 6.52. The Bertz CT molecular complexity index is 648. The zero-order chi connectivity index (χ0) is 14.9. The summed E-state index contributed by atoms with van der Waals surface area (Å²) in [6, 6.07) is 6.02. The Kier molecular flexibility index (Phi) is 4.05. The molecule has 0 bridgehead atoms. The van der Waals surface area contributed by atoms with E-state index in [4.69, 9.17) is 17.3 Å². The second-order valence-corrected chi connectivity index (χ2v) is 5.01. The van der Waals surface area contributed by atoms with Crippen LogP contribution < -0.4 is 11.1 Å². The molecule has 2 rings (SSSR count). The maximum atomic E-state index is 12.6. The quantitative estimate of drug-likeness (QED) is 0.833. The van der Waals surface area contributed by atoms with Crippen molar-refractivity contribution in [1.82, 2.24) is 9.97 Å². The fraction of sp³-hybridized carbons (Fsp3) is 0.0909. The Morgan fingerprint density at radius 1 is 1.20 bits per heavy atom. The predicted molar refractivity (Wildman–Crippen MR) is 73.9 cm³/mol. The van der Waals surface area contributed by atoms with Crippen LogP contribution in [0.2, 0.25) is 5.02 Å². The first-order valence-corrected chi connectivity index (χ1v) is 6.36. The van der Waals surface area contributed by atoms with Gasteiger partial charge in [-0.3, -0.25) is 0 Å². The number of alkyl halides is 3. The number of halogens is 5. The van der Waals surface area contributed by atoms with Crippen LogP contribution in [0.4, 0.5) is 30.5 Å². The second kappa shape index (κ2) is 5.45. The third-order valence-corrected chi connectivity index (χ3v) is 3.42. The van der Waals surface area contributed by atoms with E-state index in [9.17, 15) is 13.2 Å². The van der Waals surface area contributed by atoms with E-state index in [-0.39, 0.29) is 11.6 Å². The molecule has 0 fully saturated rings. The van der Waals surface area contributed by atoms with Gasteiger partial charge in [-0.15, -0.1) is 0 Å². The summed E-state index contributed by atoms with van der Waals surface area (Å²) in [5.41, 5.74) is 5.82. The van der Waals surface area contributed by atoms with Gasteiger partial charge in [-0.25, -0.2) is 9.97 Å². The van der Waals surface area contributed by atoms with Crippen molar-refractivity contribution < 1.29 is 13.2 Å². The highest BCUT2D eigenvalue weighted by Gasteiger charge is 2.35. The number of hydrogen-bond acceptors (Lipinski definition) is 4. The monoisotopic (exact) mass is 366 g/mol. The molecule has 1 heterocycles. The van der Waals surface area contributed by atoms with Crippen molar-refractivity contribution in [3.05, 3.63) is 39.6 Å². The molecule has 3 N–H and O–H groups in total. The second-order valence-electron chi connectivity index (χ2n) is 3.75. The lowest BCUT2D eigenvalue weighted by Crippen LogP contribution is -2.13. The van der Waals surface area contributed by atoms with E-state index in [1.807, 2.05) is 0 Å². The van der Waals surface area contributed by atoms with Crippen molar-refractivity contribution in [2.24, 2.45) is 0 Å². The summed E-state index contributed by atoms with van der Waals surface area (Å²) in [6.45, 7) is 0. The number of nitrogens with two attached hydrogens (primary N) is 1. The molecule has 9 heteroatoms. The highest BCUT2D eigenvalue weighted by molar-refractivity contribution is 9.10. The van der Waals surface area contributed by atoms with E-state index in [1.54, 1.807) is 12.1 Å². The van der Waals surface area contributed by atoms with Crippen molar-refractivity contribution in [3.63, 3.8) is 0 Å². The minimum Gasteiger partial charge on any atom is -0.384 e. The van der Waals surface area contributed by atoms with Crippen molar-refractivity contribution >= 4 is 44.9 Å². The zero-order valence-electron chi connectivity index (χ0n) is 9.67. The Morgan fingerprint density at radius 3 is 2.50 bits per heavy atom. The number of nitrogen functional groups attached to an aromatic ring is 1. The van der Waals surface area contributed by atoms with Gasteiger partial charge in [0.05, 0.1) is 5.02 Å². The van der Waals surface area contributed by atoms with E-state index in [1.165, 1.54) is 12.1 Å². The molecule has 0 unspecified atom stereocenters. The number of rotatable bonds is 2. The molecule has 20 heavy (non-hydrogen) atoms. The first kappa shape index (κ1) is 14.9. The Morgan fingerprint density at radius 2 is 1.90 bits per heavy atom. The normalized spacial score (nSPS) is 11.4. The van der Waals surface area contributed by atoms with Crippen LogP contribution in [0.3, 0.4) is 0 Å². The molecule has 0 atom stereocenters. The molecule has 0 saturated carbocycles. The third-order valence-electron chi connectivity index (χ3n) is 2.19. The maximum Gasteiger partial charge on any atom is 0.451 e. The molecule has 1 aromatic carbocycles. The van der Waals surface area contributed by atoms with Crippen LogP contribution in [-0.2, 0) is 6.18 Å². The highest BCUT2D eigenvalue weighted by atomic mass is 79.9. The Balaban J connectivity index is 2.33. The van der Waals surface area contributed by atoms with Crippen LogP contribution in [0.5, 0.6) is 0 Å². The minimum absolute atomic E-state index is 0.0665. The summed E-state index contributed by atoms with van der Waals surface area (Å²) in [5, 5.41) is 3.10. The van der Waals surface area contributed by atoms with Gasteiger partial charge >= 0.3 is 6.18 Å². The van der Waals surface area contributed by atoms with Gasteiger partial charge in [-0.05, 0) is 34.1 Å². The van der Waals surface area contributed by atoms with Gasteiger partial charge in [0, 0.05) is 16.2 Å². The van der Waals surface area contributed by atoms with Gasteiger partial charge in [0.15, 0.2) is 0 Å². The molecule has 0 aliphatic rings. The molecular formula is C11H7BrClF3N4. The van der Waals surface area contributed by atoms with E-state index >= 15 is 0 Å². The van der Waals surface area contributed by atoms with Crippen LogP contribution >= 0.6 is 27.5 Å². The molecule has 0 saturated heterocycles. The fourth-order valence-electron chi connectivity index (χ4n) is 1.38. The standard InChI is InChI=1S/C11H7BrClF3N4/c12-6-2-1-5(3-7(6)13)18-9-4-8(17)19-10(20-9)11(14,15)16/h1-4H,(H3,17,18,19,20). The van der Waals surface area contributed by atoms with Gasteiger partial charge in [-0.2, -0.15) is 13.2 Å². The molecule has 106 valence electrons. The number of hydrogen-bond donors (Lipinski definition) is 2. The van der Waals surface area contributed by atoms with E-state index < -0.39 is 12.0 Å². The first-order chi connectivity index (χ1) is 9.25. The van der Waals surface area contributed by atoms with E-state index in [2.05, 4.69) is 31.2 Å². The summed E-state index contributed by atoms with van der Waals surface area (Å²) in [7, 11) is 0. The van der Waals surface area contributed by atoms with Gasteiger partial charge in [0.25, 0.3) is 0 Å². The first-order valence-electron chi connectivity index (χ1n) is 5.19. The number of anilines is 3. The topological polar surface area (TPSA) is 63.8 Å². The molecule has 0 aliphatic heterocycles. The van der Waals surface area contributed by atoms with Crippen LogP contribution in [0.15, 0.2) is 28.7 Å². The molecule has 0 radical (unpaired) electrons. The lowest BCUT2D eigenvalue weighted by molar-refractivity contribution is -0.144. The largest absolute Gasteiger partial charge is 0.451 e. The van der Waals surface area contributed by atoms with Crippen LogP contribution in [0, 0.1) is 0 Å². The van der Waals surface area contributed by atoms with Crippen LogP contribution in [0.25, 0.3) is 0 Å². The Labute approximate surface area is 125 Å². The minimum atomic E-state index is -4.66. The summed E-state index contributed by atoms with van der Waals surface area (Å²) in [6.07, 6.45) is -4.66. The molecular weight excluding hydrogens is 360 g/mol. The van der Waals surface area contributed by atoms with Crippen molar-refractivity contribution in [2.45, 2.75) is 6.18 Å². The molecule has 2 aromatic rings. The zero-order valence-corrected chi connectivity index (χ0v) is 12.0. The number of nitrogens with one attached hydrogen (secondary N) is 1. The maximum absolute atomic E-state index is 12.6. The lowest BCUT2D eigenvalue weighted by Gasteiger charge is -2.10. The third kappa shape index (κ3) is 3.51.